The number of nitrogens with zero attached hydrogens (tertiary/aromatic N) is 3. The Morgan fingerprint density at radius 3 is 2.80 bits per heavy atom. The maximum Gasteiger partial charge on any atom is 0.240 e. The lowest BCUT2D eigenvalue weighted by molar-refractivity contribution is -0.119. The highest BCUT2D eigenvalue weighted by molar-refractivity contribution is 14.1. The summed E-state index contributed by atoms with van der Waals surface area (Å²) in [6.07, 6.45) is 5.23. The van der Waals surface area contributed by atoms with Crippen LogP contribution >= 0.6 is 22.6 Å². The van der Waals surface area contributed by atoms with E-state index in [1.54, 1.807) is 12.4 Å². The maximum absolute atomic E-state index is 11.2. The predicted octanol–water partition coefficient (Wildman–Crippen LogP) is 0.535. The number of primary amides is 1. The smallest absolute Gasteiger partial charge is 0.240 e. The van der Waals surface area contributed by atoms with Gasteiger partial charge < -0.3 is 10.6 Å². The molecule has 15 heavy (non-hydrogen) atoms. The number of rotatable bonds is 2. The monoisotopic (exact) mass is 318 g/mol. The molecule has 0 spiro atoms. The van der Waals surface area contributed by atoms with Crippen LogP contribution in [0.15, 0.2) is 12.4 Å². The van der Waals surface area contributed by atoms with Gasteiger partial charge in [0.1, 0.15) is 6.04 Å². The van der Waals surface area contributed by atoms with Crippen LogP contribution in [0.1, 0.15) is 12.8 Å². The van der Waals surface area contributed by atoms with Crippen molar-refractivity contribution in [2.45, 2.75) is 18.9 Å². The summed E-state index contributed by atoms with van der Waals surface area (Å²) in [6, 6.07) is -0.245. The molecule has 0 bridgehead atoms. The van der Waals surface area contributed by atoms with Crippen molar-refractivity contribution >= 4 is 34.4 Å². The largest absolute Gasteiger partial charge is 0.368 e. The van der Waals surface area contributed by atoms with Gasteiger partial charge in [-0.2, -0.15) is 0 Å². The second-order valence-corrected chi connectivity index (χ2v) is 4.70. The third kappa shape index (κ3) is 2.19. The molecule has 6 heteroatoms. The number of nitrogens with two attached hydrogens (primary N) is 1. The summed E-state index contributed by atoms with van der Waals surface area (Å²) in [5, 5.41) is 0. The van der Waals surface area contributed by atoms with Crippen molar-refractivity contribution in [1.82, 2.24) is 9.97 Å². The zero-order valence-corrected chi connectivity index (χ0v) is 10.2. The average molecular weight is 318 g/mol. The fourth-order valence-corrected chi connectivity index (χ4v) is 2.03. The number of carbonyl (C=O) groups is 1. The second kappa shape index (κ2) is 4.30. The van der Waals surface area contributed by atoms with Gasteiger partial charge in [-0.05, 0) is 35.4 Å². The van der Waals surface area contributed by atoms with Crippen molar-refractivity contribution in [2.24, 2.45) is 5.73 Å². The van der Waals surface area contributed by atoms with Crippen molar-refractivity contribution in [1.29, 1.82) is 0 Å². The number of carbonyl (C=O) groups excluding carboxylic acids is 1. The first-order valence-electron chi connectivity index (χ1n) is 4.72. The molecule has 1 amide bonds. The van der Waals surface area contributed by atoms with Crippen LogP contribution in [0.3, 0.4) is 0 Å². The highest BCUT2D eigenvalue weighted by Gasteiger charge is 2.30. The lowest BCUT2D eigenvalue weighted by atomic mass is 10.2. The van der Waals surface area contributed by atoms with Crippen LogP contribution in [0.2, 0.25) is 0 Å². The van der Waals surface area contributed by atoms with Crippen molar-refractivity contribution in [3.8, 4) is 0 Å². The number of hydrogen-bond acceptors (Lipinski definition) is 4. The Labute approximate surface area is 101 Å². The van der Waals surface area contributed by atoms with E-state index in [9.17, 15) is 4.79 Å². The number of halogens is 1. The molecule has 1 aromatic rings. The van der Waals surface area contributed by atoms with Crippen LogP contribution in [0.25, 0.3) is 0 Å². The number of amides is 1. The van der Waals surface area contributed by atoms with Crippen molar-refractivity contribution in [3.63, 3.8) is 0 Å². The van der Waals surface area contributed by atoms with Gasteiger partial charge in [0.2, 0.25) is 11.9 Å². The lowest BCUT2D eigenvalue weighted by Crippen LogP contribution is -2.41. The quantitative estimate of drug-likeness (QED) is 0.808. The minimum Gasteiger partial charge on any atom is -0.368 e. The fraction of sp³-hybridized carbons (Fsp3) is 0.444. The number of hydrogen-bond donors (Lipinski definition) is 1. The topological polar surface area (TPSA) is 72.1 Å². The zero-order valence-electron chi connectivity index (χ0n) is 8.06. The van der Waals surface area contributed by atoms with Crippen LogP contribution in [-0.2, 0) is 4.79 Å². The van der Waals surface area contributed by atoms with Gasteiger partial charge in [-0.3, -0.25) is 4.79 Å². The van der Waals surface area contributed by atoms with Gasteiger partial charge in [-0.1, -0.05) is 0 Å². The molecule has 1 aromatic heterocycles. The summed E-state index contributed by atoms with van der Waals surface area (Å²) in [5.74, 6) is 0.298. The molecule has 1 aliphatic heterocycles. The molecule has 1 unspecified atom stereocenters. The fourth-order valence-electron chi connectivity index (χ4n) is 1.76. The minimum atomic E-state index is -0.297. The summed E-state index contributed by atoms with van der Waals surface area (Å²) in [4.78, 5) is 21.4. The molecule has 5 nitrogen and oxygen atoms in total. The Morgan fingerprint density at radius 1 is 1.53 bits per heavy atom. The lowest BCUT2D eigenvalue weighted by Gasteiger charge is -2.21. The highest BCUT2D eigenvalue weighted by atomic mass is 127. The van der Waals surface area contributed by atoms with E-state index < -0.39 is 0 Å². The third-order valence-electron chi connectivity index (χ3n) is 2.44. The van der Waals surface area contributed by atoms with E-state index in [4.69, 9.17) is 5.73 Å². The summed E-state index contributed by atoms with van der Waals surface area (Å²) < 4.78 is 0.978. The molecule has 2 rings (SSSR count). The van der Waals surface area contributed by atoms with Crippen LogP contribution in [0.5, 0.6) is 0 Å². The van der Waals surface area contributed by atoms with Gasteiger partial charge in [0.15, 0.2) is 0 Å². The van der Waals surface area contributed by atoms with E-state index in [0.717, 1.165) is 23.0 Å². The summed E-state index contributed by atoms with van der Waals surface area (Å²) in [6.45, 7) is 0.800. The molecule has 2 N–H and O–H groups in total. The second-order valence-electron chi connectivity index (χ2n) is 3.46. The first kappa shape index (κ1) is 10.6. The Morgan fingerprint density at radius 2 is 2.20 bits per heavy atom. The molecule has 80 valence electrons. The van der Waals surface area contributed by atoms with Gasteiger partial charge in [-0.25, -0.2) is 9.97 Å². The number of anilines is 1. The summed E-state index contributed by atoms with van der Waals surface area (Å²) in [5.41, 5.74) is 5.32. The van der Waals surface area contributed by atoms with Gasteiger partial charge in [0, 0.05) is 22.5 Å². The molecule has 0 aromatic carbocycles. The molecule has 1 saturated heterocycles. The van der Waals surface area contributed by atoms with Crippen LogP contribution in [0, 0.1) is 3.57 Å². The molecule has 1 fully saturated rings. The first-order valence-corrected chi connectivity index (χ1v) is 5.80. The Kier molecular flexibility index (Phi) is 3.03. The van der Waals surface area contributed by atoms with Gasteiger partial charge in [-0.15, -0.1) is 0 Å². The Hall–Kier alpha value is -0.920. The molecular formula is C9H11IN4O. The molecule has 0 radical (unpaired) electrons. The third-order valence-corrected chi connectivity index (χ3v) is 3.00. The standard InChI is InChI=1S/C9H11IN4O/c10-6-4-12-9(13-5-6)14-3-1-2-7(14)8(11)15/h4-5,7H,1-3H2,(H2,11,15). The van der Waals surface area contributed by atoms with Crippen LogP contribution in [-0.4, -0.2) is 28.5 Å². The summed E-state index contributed by atoms with van der Waals surface area (Å²) >= 11 is 2.14. The van der Waals surface area contributed by atoms with Crippen molar-refractivity contribution < 1.29 is 4.79 Å². The average Bonchev–Trinajstić information content (AvgIpc) is 2.67. The normalized spacial score (nSPS) is 20.6. The van der Waals surface area contributed by atoms with E-state index in [1.165, 1.54) is 0 Å². The van der Waals surface area contributed by atoms with Crippen LogP contribution < -0.4 is 10.6 Å². The van der Waals surface area contributed by atoms with E-state index in [2.05, 4.69) is 32.6 Å². The molecule has 0 aliphatic carbocycles. The van der Waals surface area contributed by atoms with E-state index in [1.807, 2.05) is 4.90 Å². The zero-order chi connectivity index (χ0) is 10.8. The minimum absolute atomic E-state index is 0.245. The molecular weight excluding hydrogens is 307 g/mol. The van der Waals surface area contributed by atoms with E-state index in [-0.39, 0.29) is 11.9 Å². The van der Waals surface area contributed by atoms with Crippen molar-refractivity contribution in [3.05, 3.63) is 16.0 Å². The Balaban J connectivity index is 2.22. The SMILES string of the molecule is NC(=O)C1CCCN1c1ncc(I)cn1. The maximum atomic E-state index is 11.2. The highest BCUT2D eigenvalue weighted by Crippen LogP contribution is 2.21. The van der Waals surface area contributed by atoms with Gasteiger partial charge >= 0.3 is 0 Å². The predicted molar refractivity (Wildman–Crippen MR) is 64.3 cm³/mol. The Bertz CT molecular complexity index is 367. The van der Waals surface area contributed by atoms with E-state index in [0.29, 0.717) is 5.95 Å². The molecule has 1 aliphatic rings. The van der Waals surface area contributed by atoms with E-state index >= 15 is 0 Å². The number of aromatic nitrogens is 2. The molecule has 1 atom stereocenters. The molecule has 0 saturated carbocycles. The van der Waals surface area contributed by atoms with Crippen molar-refractivity contribution in [2.75, 3.05) is 11.4 Å². The first-order chi connectivity index (χ1) is 7.18. The van der Waals surface area contributed by atoms with Gasteiger partial charge in [0.25, 0.3) is 0 Å². The van der Waals surface area contributed by atoms with Gasteiger partial charge in [0.05, 0.1) is 0 Å². The van der Waals surface area contributed by atoms with Crippen LogP contribution in [0.4, 0.5) is 5.95 Å². The molecule has 2 heterocycles. The summed E-state index contributed by atoms with van der Waals surface area (Å²) in [7, 11) is 0.